The van der Waals surface area contributed by atoms with Gasteiger partial charge in [-0.2, -0.15) is 10.3 Å². The van der Waals surface area contributed by atoms with E-state index in [0.717, 1.165) is 0 Å². The summed E-state index contributed by atoms with van der Waals surface area (Å²) in [6.07, 6.45) is 1.35. The molecule has 0 atom stereocenters. The number of nitrogens with two attached hydrogens (primary N) is 1. The predicted molar refractivity (Wildman–Crippen MR) is 56.2 cm³/mol. The van der Waals surface area contributed by atoms with E-state index in [-0.39, 0.29) is 11.6 Å². The Morgan fingerprint density at radius 2 is 2.00 bits per heavy atom. The molecule has 0 saturated heterocycles. The molecule has 1 aromatic rings. The van der Waals surface area contributed by atoms with E-state index in [1.807, 2.05) is 20.8 Å². The summed E-state index contributed by atoms with van der Waals surface area (Å²) in [6.45, 7) is 5.76. The molecule has 1 radical (unpaired) electrons. The van der Waals surface area contributed by atoms with Crippen LogP contribution in [0.25, 0.3) is 0 Å². The number of hydrogen-bond acceptors (Lipinski definition) is 5. The van der Waals surface area contributed by atoms with Crippen LogP contribution in [0.1, 0.15) is 20.8 Å². The van der Waals surface area contributed by atoms with Gasteiger partial charge in [0.25, 0.3) is 0 Å². The van der Waals surface area contributed by atoms with E-state index in [2.05, 4.69) is 20.3 Å². The first-order chi connectivity index (χ1) is 6.96. The Hall–Kier alpha value is -1.85. The third kappa shape index (κ3) is 1.98. The van der Waals surface area contributed by atoms with Crippen LogP contribution in [0, 0.1) is 0 Å². The molecule has 1 aliphatic heterocycles. The molecule has 0 amide bonds. The van der Waals surface area contributed by atoms with Crippen molar-refractivity contribution in [3.05, 3.63) is 6.33 Å². The van der Waals surface area contributed by atoms with Gasteiger partial charge >= 0.3 is 6.02 Å². The number of fused-ring (bicyclic) bond motifs is 1. The predicted octanol–water partition coefficient (Wildman–Crippen LogP) is 1.11. The number of rotatable bonds is 0. The fraction of sp³-hybridized carbons (Fsp3) is 0.444. The molecule has 0 bridgehead atoms. The van der Waals surface area contributed by atoms with Gasteiger partial charge < -0.3 is 10.5 Å². The molecule has 0 aromatic carbocycles. The molecular formula is C9H12N5O. The number of amidine groups is 1. The zero-order valence-corrected chi connectivity index (χ0v) is 8.85. The highest BCUT2D eigenvalue weighted by Gasteiger charge is 2.25. The lowest BCUT2D eigenvalue weighted by Crippen LogP contribution is -2.26. The molecule has 2 rings (SSSR count). The molecule has 1 aromatic heterocycles. The Morgan fingerprint density at radius 1 is 1.27 bits per heavy atom. The van der Waals surface area contributed by atoms with Gasteiger partial charge in [-0.3, -0.25) is 0 Å². The van der Waals surface area contributed by atoms with Crippen LogP contribution in [0.5, 0.6) is 0 Å². The molecule has 6 heteroatoms. The lowest BCUT2D eigenvalue weighted by Gasteiger charge is -2.19. The van der Waals surface area contributed by atoms with Gasteiger partial charge in [0.15, 0.2) is 17.3 Å². The molecule has 6 nitrogen and oxygen atoms in total. The van der Waals surface area contributed by atoms with Crippen molar-refractivity contribution in [3.63, 3.8) is 0 Å². The summed E-state index contributed by atoms with van der Waals surface area (Å²) in [6, 6.07) is 0.282. The van der Waals surface area contributed by atoms with Crippen molar-refractivity contribution in [1.29, 1.82) is 0 Å². The van der Waals surface area contributed by atoms with Gasteiger partial charge in [-0.05, 0) is 20.8 Å². The third-order valence-electron chi connectivity index (χ3n) is 1.64. The minimum absolute atomic E-state index is 0.282. The van der Waals surface area contributed by atoms with Crippen LogP contribution in [-0.2, 0) is 4.74 Å². The average Bonchev–Trinajstić information content (AvgIpc) is 2.45. The maximum atomic E-state index is 5.62. The van der Waals surface area contributed by atoms with Gasteiger partial charge in [0, 0.05) is 0 Å². The van der Waals surface area contributed by atoms with Crippen LogP contribution in [0.3, 0.4) is 0 Å². The number of aliphatic imine (C=N–C) groups is 1. The molecule has 0 saturated carbocycles. The molecule has 0 spiro atoms. The van der Waals surface area contributed by atoms with Crippen molar-refractivity contribution < 1.29 is 4.74 Å². The Balaban J connectivity index is 2.24. The Morgan fingerprint density at radius 3 is 2.60 bits per heavy atom. The van der Waals surface area contributed by atoms with E-state index in [1.54, 1.807) is 0 Å². The second kappa shape index (κ2) is 3.08. The molecule has 0 unspecified atom stereocenters. The van der Waals surface area contributed by atoms with Crippen molar-refractivity contribution in [1.82, 2.24) is 15.3 Å². The fourth-order valence-electron chi connectivity index (χ4n) is 1.10. The SMILES string of the molecule is CC(C)(C)OC1=Nc2c(N)ncnc2[N]1. The quantitative estimate of drug-likeness (QED) is 0.688. The van der Waals surface area contributed by atoms with Crippen LogP contribution in [0.15, 0.2) is 11.3 Å². The van der Waals surface area contributed by atoms with Gasteiger partial charge in [0.2, 0.25) is 0 Å². The van der Waals surface area contributed by atoms with Crippen LogP contribution in [0.4, 0.5) is 17.3 Å². The summed E-state index contributed by atoms with van der Waals surface area (Å²) in [5.74, 6) is 0.776. The maximum Gasteiger partial charge on any atom is 0.319 e. The van der Waals surface area contributed by atoms with Crippen molar-refractivity contribution in [2.45, 2.75) is 26.4 Å². The molecule has 0 fully saturated rings. The second-order valence-electron chi connectivity index (χ2n) is 4.15. The summed E-state index contributed by atoms with van der Waals surface area (Å²) in [5, 5.41) is 4.09. The van der Waals surface area contributed by atoms with Gasteiger partial charge in [-0.25, -0.2) is 9.97 Å². The molecule has 2 heterocycles. The lowest BCUT2D eigenvalue weighted by atomic mass is 10.2. The summed E-state index contributed by atoms with van der Waals surface area (Å²) in [5.41, 5.74) is 5.77. The fourth-order valence-corrected chi connectivity index (χ4v) is 1.10. The number of hydrogen-bond donors (Lipinski definition) is 1. The molecule has 79 valence electrons. The van der Waals surface area contributed by atoms with Crippen LogP contribution >= 0.6 is 0 Å². The average molecular weight is 206 g/mol. The van der Waals surface area contributed by atoms with E-state index >= 15 is 0 Å². The van der Waals surface area contributed by atoms with Gasteiger partial charge in [-0.15, -0.1) is 0 Å². The topological polar surface area (TPSA) is 87.5 Å². The van der Waals surface area contributed by atoms with Crippen LogP contribution in [-0.4, -0.2) is 21.6 Å². The first kappa shape index (κ1) is 9.70. The number of nitrogens with zero attached hydrogens (tertiary/aromatic N) is 4. The summed E-state index contributed by atoms with van der Waals surface area (Å²) in [4.78, 5) is 11.9. The Bertz CT molecular complexity index is 421. The van der Waals surface area contributed by atoms with Gasteiger partial charge in [-0.1, -0.05) is 0 Å². The molecule has 2 N–H and O–H groups in total. The Labute approximate surface area is 87.6 Å². The van der Waals surface area contributed by atoms with Crippen molar-refractivity contribution in [3.8, 4) is 0 Å². The number of nitrogen functional groups attached to an aromatic ring is 1. The van der Waals surface area contributed by atoms with Gasteiger partial charge in [0.1, 0.15) is 11.9 Å². The van der Waals surface area contributed by atoms with E-state index in [4.69, 9.17) is 10.5 Å². The lowest BCUT2D eigenvalue weighted by molar-refractivity contribution is 0.111. The zero-order valence-electron chi connectivity index (χ0n) is 8.85. The highest BCUT2D eigenvalue weighted by atomic mass is 16.5. The highest BCUT2D eigenvalue weighted by molar-refractivity contribution is 5.92. The van der Waals surface area contributed by atoms with Crippen LogP contribution in [0.2, 0.25) is 0 Å². The molecular weight excluding hydrogens is 194 g/mol. The van der Waals surface area contributed by atoms with E-state index in [1.165, 1.54) is 6.33 Å². The minimum Gasteiger partial charge on any atom is -0.458 e. The maximum absolute atomic E-state index is 5.62. The molecule has 15 heavy (non-hydrogen) atoms. The van der Waals surface area contributed by atoms with E-state index < -0.39 is 0 Å². The van der Waals surface area contributed by atoms with Gasteiger partial charge in [0.05, 0.1) is 0 Å². The van der Waals surface area contributed by atoms with Crippen molar-refractivity contribution in [2.24, 2.45) is 4.99 Å². The monoisotopic (exact) mass is 206 g/mol. The molecule has 1 aliphatic rings. The van der Waals surface area contributed by atoms with E-state index in [0.29, 0.717) is 17.3 Å². The normalized spacial score (nSPS) is 14.2. The molecule has 0 aliphatic carbocycles. The smallest absolute Gasteiger partial charge is 0.319 e. The number of ether oxygens (including phenoxy) is 1. The first-order valence-corrected chi connectivity index (χ1v) is 4.55. The van der Waals surface area contributed by atoms with E-state index in [9.17, 15) is 0 Å². The number of aromatic nitrogens is 2. The summed E-state index contributed by atoms with van der Waals surface area (Å²) < 4.78 is 5.50. The minimum atomic E-state index is -0.341. The Kier molecular flexibility index (Phi) is 1.99. The third-order valence-corrected chi connectivity index (χ3v) is 1.64. The second-order valence-corrected chi connectivity index (χ2v) is 4.15. The van der Waals surface area contributed by atoms with Crippen molar-refractivity contribution >= 4 is 23.3 Å². The summed E-state index contributed by atoms with van der Waals surface area (Å²) in [7, 11) is 0. The number of anilines is 1. The summed E-state index contributed by atoms with van der Waals surface area (Å²) >= 11 is 0. The standard InChI is InChI=1S/C9H12N5O/c1-9(2,3)15-8-13-5-6(10)11-4-12-7(5)14-8/h4H,1-3H3,(H2,10,11,12). The zero-order chi connectivity index (χ0) is 11.1. The van der Waals surface area contributed by atoms with Crippen molar-refractivity contribution in [2.75, 3.05) is 5.73 Å². The highest BCUT2D eigenvalue weighted by Crippen LogP contribution is 2.32. The first-order valence-electron chi connectivity index (χ1n) is 4.55. The van der Waals surface area contributed by atoms with Crippen LogP contribution < -0.4 is 11.1 Å². The largest absolute Gasteiger partial charge is 0.458 e.